The fourth-order valence-corrected chi connectivity index (χ4v) is 4.35. The maximum atomic E-state index is 13.9. The Morgan fingerprint density at radius 1 is 1.06 bits per heavy atom. The molecule has 36 heavy (non-hydrogen) atoms. The molecule has 0 bridgehead atoms. The maximum absolute atomic E-state index is 13.9. The minimum Gasteiger partial charge on any atom is -0.493 e. The molecule has 0 fully saturated rings. The number of ether oxygens (including phenoxy) is 4. The fraction of sp³-hybridized carbons (Fsp3) is 0.154. The third-order valence-electron chi connectivity index (χ3n) is 5.44. The van der Waals surface area contributed by atoms with Gasteiger partial charge in [0.05, 0.1) is 7.11 Å². The van der Waals surface area contributed by atoms with Gasteiger partial charge < -0.3 is 24.3 Å². The Hall–Kier alpha value is -4.18. The maximum Gasteiger partial charge on any atom is 0.271 e. The summed E-state index contributed by atoms with van der Waals surface area (Å²) in [6, 6.07) is 14.0. The van der Waals surface area contributed by atoms with Crippen molar-refractivity contribution in [2.75, 3.05) is 13.9 Å². The summed E-state index contributed by atoms with van der Waals surface area (Å²) >= 11 is 1.32. The van der Waals surface area contributed by atoms with Crippen molar-refractivity contribution in [1.82, 2.24) is 10.3 Å². The van der Waals surface area contributed by atoms with E-state index in [1.54, 1.807) is 23.6 Å². The molecule has 1 aliphatic rings. The number of hydrogen-bond donors (Lipinski definition) is 1. The van der Waals surface area contributed by atoms with Gasteiger partial charge in [-0.3, -0.25) is 4.79 Å². The largest absolute Gasteiger partial charge is 0.493 e. The second-order valence-corrected chi connectivity index (χ2v) is 8.66. The van der Waals surface area contributed by atoms with Crippen LogP contribution in [0.3, 0.4) is 0 Å². The zero-order chi connectivity index (χ0) is 25.1. The lowest BCUT2D eigenvalue weighted by Gasteiger charge is -2.12. The van der Waals surface area contributed by atoms with Crippen molar-refractivity contribution in [3.05, 3.63) is 88.4 Å². The highest BCUT2D eigenvalue weighted by molar-refractivity contribution is 7.13. The Labute approximate surface area is 209 Å². The first-order valence-electron chi connectivity index (χ1n) is 10.9. The smallest absolute Gasteiger partial charge is 0.271 e. The predicted molar refractivity (Wildman–Crippen MR) is 129 cm³/mol. The molecule has 2 heterocycles. The van der Waals surface area contributed by atoms with Crippen molar-refractivity contribution in [2.24, 2.45) is 0 Å². The quantitative estimate of drug-likeness (QED) is 0.345. The van der Waals surface area contributed by atoms with Gasteiger partial charge in [0.25, 0.3) is 5.91 Å². The van der Waals surface area contributed by atoms with Crippen molar-refractivity contribution in [3.8, 4) is 33.6 Å². The molecule has 0 unspecified atom stereocenters. The first-order valence-corrected chi connectivity index (χ1v) is 11.8. The normalized spacial score (nSPS) is 11.9. The minimum atomic E-state index is -0.683. The Morgan fingerprint density at radius 3 is 2.75 bits per heavy atom. The molecule has 0 radical (unpaired) electrons. The SMILES string of the molecule is COc1cc(-c2nc(C(=O)NCc3ccc4c(c3)OCO4)cs2)ccc1OCc1ccc(F)cc1F. The number of hydrogen-bond acceptors (Lipinski definition) is 7. The van der Waals surface area contributed by atoms with Gasteiger partial charge in [-0.2, -0.15) is 0 Å². The highest BCUT2D eigenvalue weighted by Gasteiger charge is 2.16. The topological polar surface area (TPSA) is 78.9 Å². The van der Waals surface area contributed by atoms with Gasteiger partial charge in [-0.05, 0) is 48.0 Å². The molecule has 1 aromatic heterocycles. The van der Waals surface area contributed by atoms with Gasteiger partial charge in [0.2, 0.25) is 6.79 Å². The molecule has 0 aliphatic carbocycles. The highest BCUT2D eigenvalue weighted by Crippen LogP contribution is 2.35. The number of benzene rings is 3. The molecule has 184 valence electrons. The summed E-state index contributed by atoms with van der Waals surface area (Å²) in [6.07, 6.45) is 0. The Kier molecular flexibility index (Phi) is 6.68. The summed E-state index contributed by atoms with van der Waals surface area (Å²) in [7, 11) is 1.49. The number of amides is 1. The number of methoxy groups -OCH3 is 1. The number of carbonyl (C=O) groups excluding carboxylic acids is 1. The van der Waals surface area contributed by atoms with E-state index < -0.39 is 11.6 Å². The van der Waals surface area contributed by atoms with E-state index >= 15 is 0 Å². The number of nitrogens with one attached hydrogen (secondary N) is 1. The average molecular weight is 511 g/mol. The van der Waals surface area contributed by atoms with Crippen LogP contribution in [0.15, 0.2) is 60.0 Å². The van der Waals surface area contributed by atoms with Crippen molar-refractivity contribution in [2.45, 2.75) is 13.2 Å². The van der Waals surface area contributed by atoms with Crippen LogP contribution in [-0.2, 0) is 13.2 Å². The lowest BCUT2D eigenvalue weighted by molar-refractivity contribution is 0.0946. The van der Waals surface area contributed by atoms with E-state index in [1.807, 2.05) is 18.2 Å². The first kappa shape index (κ1) is 23.6. The second kappa shape index (κ2) is 10.2. The Bertz CT molecular complexity index is 1430. The van der Waals surface area contributed by atoms with Gasteiger partial charge in [0, 0.05) is 29.1 Å². The van der Waals surface area contributed by atoms with E-state index in [1.165, 1.54) is 30.6 Å². The van der Waals surface area contributed by atoms with Gasteiger partial charge in [-0.25, -0.2) is 13.8 Å². The van der Waals surface area contributed by atoms with E-state index in [0.29, 0.717) is 40.2 Å². The van der Waals surface area contributed by atoms with Crippen molar-refractivity contribution in [1.29, 1.82) is 0 Å². The van der Waals surface area contributed by atoms with Gasteiger partial charge in [0.1, 0.15) is 28.9 Å². The summed E-state index contributed by atoms with van der Waals surface area (Å²) in [5.74, 6) is 0.511. The minimum absolute atomic E-state index is 0.0905. The highest BCUT2D eigenvalue weighted by atomic mass is 32.1. The number of carbonyl (C=O) groups is 1. The molecule has 7 nitrogen and oxygen atoms in total. The molecule has 5 rings (SSSR count). The first-order chi connectivity index (χ1) is 17.5. The number of halogens is 2. The lowest BCUT2D eigenvalue weighted by atomic mass is 10.2. The molecule has 1 amide bonds. The molecule has 0 saturated carbocycles. The van der Waals surface area contributed by atoms with Gasteiger partial charge in [0.15, 0.2) is 23.0 Å². The van der Waals surface area contributed by atoms with Crippen LogP contribution in [0.25, 0.3) is 10.6 Å². The monoisotopic (exact) mass is 510 g/mol. The molecule has 3 aromatic carbocycles. The van der Waals surface area contributed by atoms with Gasteiger partial charge >= 0.3 is 0 Å². The number of fused-ring (bicyclic) bond motifs is 1. The molecule has 0 saturated heterocycles. The molecular formula is C26H20F2N2O5S. The van der Waals surface area contributed by atoms with E-state index in [9.17, 15) is 13.6 Å². The third-order valence-corrected chi connectivity index (χ3v) is 6.33. The number of rotatable bonds is 8. The molecule has 0 atom stereocenters. The summed E-state index contributed by atoms with van der Waals surface area (Å²) in [5.41, 5.74) is 2.12. The van der Waals surface area contributed by atoms with Crippen LogP contribution in [0.5, 0.6) is 23.0 Å². The van der Waals surface area contributed by atoms with E-state index in [-0.39, 0.29) is 24.9 Å². The van der Waals surface area contributed by atoms with Crippen LogP contribution < -0.4 is 24.3 Å². The van der Waals surface area contributed by atoms with Crippen molar-refractivity contribution >= 4 is 17.2 Å². The van der Waals surface area contributed by atoms with E-state index in [4.69, 9.17) is 18.9 Å². The summed E-state index contributed by atoms with van der Waals surface area (Å²) in [4.78, 5) is 17.1. The molecular weight excluding hydrogens is 490 g/mol. The van der Waals surface area contributed by atoms with E-state index in [2.05, 4.69) is 10.3 Å². The lowest BCUT2D eigenvalue weighted by Crippen LogP contribution is -2.23. The Morgan fingerprint density at radius 2 is 1.92 bits per heavy atom. The van der Waals surface area contributed by atoms with Crippen LogP contribution in [0, 0.1) is 11.6 Å². The summed E-state index contributed by atoms with van der Waals surface area (Å²) in [5, 5.41) is 5.16. The van der Waals surface area contributed by atoms with Gasteiger partial charge in [-0.1, -0.05) is 6.07 Å². The van der Waals surface area contributed by atoms with Gasteiger partial charge in [-0.15, -0.1) is 11.3 Å². The van der Waals surface area contributed by atoms with Crippen LogP contribution >= 0.6 is 11.3 Å². The zero-order valence-corrected chi connectivity index (χ0v) is 19.9. The molecule has 10 heteroatoms. The molecule has 1 N–H and O–H groups in total. The van der Waals surface area contributed by atoms with Crippen molar-refractivity contribution in [3.63, 3.8) is 0 Å². The second-order valence-electron chi connectivity index (χ2n) is 7.80. The number of aromatic nitrogens is 1. The fourth-order valence-electron chi connectivity index (χ4n) is 3.55. The van der Waals surface area contributed by atoms with Crippen LogP contribution in [0.4, 0.5) is 8.78 Å². The van der Waals surface area contributed by atoms with Crippen LogP contribution in [0.1, 0.15) is 21.6 Å². The summed E-state index contributed by atoms with van der Waals surface area (Å²) < 4.78 is 48.8. The average Bonchev–Trinajstić information content (AvgIpc) is 3.56. The molecule has 0 spiro atoms. The number of nitrogens with zero attached hydrogens (tertiary/aromatic N) is 1. The number of thiazole rings is 1. The molecule has 1 aliphatic heterocycles. The third kappa shape index (κ3) is 5.08. The zero-order valence-electron chi connectivity index (χ0n) is 19.0. The summed E-state index contributed by atoms with van der Waals surface area (Å²) in [6.45, 7) is 0.418. The Balaban J connectivity index is 1.24. The van der Waals surface area contributed by atoms with Crippen LogP contribution in [0.2, 0.25) is 0 Å². The predicted octanol–water partition coefficient (Wildman–Crippen LogP) is 5.33. The molecule has 4 aromatic rings. The van der Waals surface area contributed by atoms with E-state index in [0.717, 1.165) is 17.2 Å². The standard InChI is InChI=1S/C26H20F2N2O5S/c1-32-23-9-16(4-7-21(23)33-12-17-3-5-18(27)10-19(17)28)26-30-20(13-36-26)25(31)29-11-15-2-6-22-24(8-15)35-14-34-22/h2-10,13H,11-12,14H2,1H3,(H,29,31). The van der Waals surface area contributed by atoms with Crippen LogP contribution in [-0.4, -0.2) is 24.8 Å². The van der Waals surface area contributed by atoms with Crippen molar-refractivity contribution < 1.29 is 32.5 Å².